The summed E-state index contributed by atoms with van der Waals surface area (Å²) in [4.78, 5) is 11.9. The lowest BCUT2D eigenvalue weighted by Crippen LogP contribution is -2.34. The number of carbonyl (C=O) groups is 1. The fourth-order valence-corrected chi connectivity index (χ4v) is 2.63. The van der Waals surface area contributed by atoms with Gasteiger partial charge in [-0.3, -0.25) is 4.79 Å². The fourth-order valence-electron chi connectivity index (χ4n) is 2.29. The van der Waals surface area contributed by atoms with Crippen molar-refractivity contribution in [1.29, 1.82) is 0 Å². The van der Waals surface area contributed by atoms with Gasteiger partial charge in [-0.15, -0.1) is 0 Å². The summed E-state index contributed by atoms with van der Waals surface area (Å²) in [6.45, 7) is 0.355. The van der Waals surface area contributed by atoms with E-state index in [0.717, 1.165) is 15.9 Å². The summed E-state index contributed by atoms with van der Waals surface area (Å²) in [7, 11) is 1.61. The molecule has 0 aromatic heterocycles. The van der Waals surface area contributed by atoms with Gasteiger partial charge in [-0.2, -0.15) is 0 Å². The Balaban J connectivity index is 1.87. The van der Waals surface area contributed by atoms with Gasteiger partial charge in [0.2, 0.25) is 5.91 Å². The van der Waals surface area contributed by atoms with Crippen molar-refractivity contribution in [2.75, 3.05) is 19.0 Å². The number of benzene rings is 1. The third-order valence-electron chi connectivity index (χ3n) is 3.35. The molecule has 1 aromatic rings. The van der Waals surface area contributed by atoms with E-state index in [1.807, 2.05) is 12.1 Å². The normalized spacial score (nSPS) is 15.5. The highest BCUT2D eigenvalue weighted by Gasteiger charge is 2.15. The van der Waals surface area contributed by atoms with Gasteiger partial charge < -0.3 is 15.4 Å². The SMILES string of the molecule is COc1ccc(Br)c(NC(=O)CNC2CCCC2)c1. The molecule has 0 atom stereocenters. The van der Waals surface area contributed by atoms with Crippen molar-refractivity contribution in [2.24, 2.45) is 0 Å². The van der Waals surface area contributed by atoms with Crippen LogP contribution in [0.15, 0.2) is 22.7 Å². The maximum absolute atomic E-state index is 11.9. The minimum atomic E-state index is -0.0270. The van der Waals surface area contributed by atoms with E-state index in [-0.39, 0.29) is 5.91 Å². The molecule has 0 unspecified atom stereocenters. The third-order valence-corrected chi connectivity index (χ3v) is 4.05. The Morgan fingerprint density at radius 2 is 2.16 bits per heavy atom. The largest absolute Gasteiger partial charge is 0.497 e. The number of carbonyl (C=O) groups excluding carboxylic acids is 1. The van der Waals surface area contributed by atoms with E-state index < -0.39 is 0 Å². The predicted molar refractivity (Wildman–Crippen MR) is 79.6 cm³/mol. The molecule has 1 amide bonds. The minimum Gasteiger partial charge on any atom is -0.497 e. The van der Waals surface area contributed by atoms with E-state index in [0.29, 0.717) is 12.6 Å². The first-order valence-corrected chi connectivity index (χ1v) is 7.35. The lowest BCUT2D eigenvalue weighted by atomic mass is 10.2. The second-order valence-electron chi connectivity index (χ2n) is 4.76. The molecular weight excluding hydrogens is 308 g/mol. The molecule has 0 spiro atoms. The molecular formula is C14H19BrN2O2. The molecule has 1 aliphatic carbocycles. The average molecular weight is 327 g/mol. The summed E-state index contributed by atoms with van der Waals surface area (Å²) in [5, 5.41) is 6.17. The molecule has 1 saturated carbocycles. The summed E-state index contributed by atoms with van der Waals surface area (Å²) in [5.41, 5.74) is 0.734. The summed E-state index contributed by atoms with van der Waals surface area (Å²) in [6, 6.07) is 6.01. The van der Waals surface area contributed by atoms with Crippen molar-refractivity contribution in [3.63, 3.8) is 0 Å². The zero-order chi connectivity index (χ0) is 13.7. The Hall–Kier alpha value is -1.07. The Morgan fingerprint density at radius 1 is 1.42 bits per heavy atom. The van der Waals surface area contributed by atoms with E-state index in [4.69, 9.17) is 4.74 Å². The number of halogens is 1. The van der Waals surface area contributed by atoms with Crippen molar-refractivity contribution < 1.29 is 9.53 Å². The first-order chi connectivity index (χ1) is 9.19. The molecule has 104 valence electrons. The summed E-state index contributed by atoms with van der Waals surface area (Å²) in [6.07, 6.45) is 4.88. The number of rotatable bonds is 5. The molecule has 0 radical (unpaired) electrons. The highest BCUT2D eigenvalue weighted by molar-refractivity contribution is 9.10. The van der Waals surface area contributed by atoms with E-state index in [1.54, 1.807) is 13.2 Å². The van der Waals surface area contributed by atoms with Gasteiger partial charge in [0.05, 0.1) is 19.3 Å². The van der Waals surface area contributed by atoms with Gasteiger partial charge in [0, 0.05) is 16.6 Å². The van der Waals surface area contributed by atoms with Crippen molar-refractivity contribution >= 4 is 27.5 Å². The molecule has 0 bridgehead atoms. The van der Waals surface area contributed by atoms with Crippen LogP contribution in [-0.4, -0.2) is 25.6 Å². The molecule has 0 saturated heterocycles. The van der Waals surface area contributed by atoms with Crippen molar-refractivity contribution in [3.8, 4) is 5.75 Å². The van der Waals surface area contributed by atoms with Gasteiger partial charge >= 0.3 is 0 Å². The van der Waals surface area contributed by atoms with E-state index in [9.17, 15) is 4.79 Å². The first kappa shape index (κ1) is 14.3. The zero-order valence-electron chi connectivity index (χ0n) is 11.0. The van der Waals surface area contributed by atoms with Crippen LogP contribution >= 0.6 is 15.9 Å². The molecule has 1 aromatic carbocycles. The second-order valence-corrected chi connectivity index (χ2v) is 5.61. The Bertz CT molecular complexity index is 445. The van der Waals surface area contributed by atoms with Crippen LogP contribution in [0.2, 0.25) is 0 Å². The lowest BCUT2D eigenvalue weighted by Gasteiger charge is -2.13. The van der Waals surface area contributed by atoms with E-state index in [1.165, 1.54) is 25.7 Å². The number of hydrogen-bond donors (Lipinski definition) is 2. The van der Waals surface area contributed by atoms with Crippen LogP contribution in [-0.2, 0) is 4.79 Å². The Morgan fingerprint density at radius 3 is 2.84 bits per heavy atom. The average Bonchev–Trinajstić information content (AvgIpc) is 2.92. The summed E-state index contributed by atoms with van der Waals surface area (Å²) < 4.78 is 5.99. The molecule has 0 aliphatic heterocycles. The number of nitrogens with one attached hydrogen (secondary N) is 2. The smallest absolute Gasteiger partial charge is 0.238 e. The standard InChI is InChI=1S/C14H19BrN2O2/c1-19-11-6-7-12(15)13(8-11)17-14(18)9-16-10-4-2-3-5-10/h6-8,10,16H,2-5,9H2,1H3,(H,17,18). The molecule has 1 aliphatic rings. The van der Waals surface area contributed by atoms with Crippen LogP contribution in [0.1, 0.15) is 25.7 Å². The molecule has 0 heterocycles. The number of methoxy groups -OCH3 is 1. The minimum absolute atomic E-state index is 0.0270. The monoisotopic (exact) mass is 326 g/mol. The van der Waals surface area contributed by atoms with Crippen LogP contribution in [0.5, 0.6) is 5.75 Å². The van der Waals surface area contributed by atoms with Crippen molar-refractivity contribution in [3.05, 3.63) is 22.7 Å². The number of amides is 1. The third kappa shape index (κ3) is 4.21. The quantitative estimate of drug-likeness (QED) is 0.874. The Labute approximate surface area is 122 Å². The van der Waals surface area contributed by atoms with Crippen LogP contribution in [0.3, 0.4) is 0 Å². The molecule has 1 fully saturated rings. The van der Waals surface area contributed by atoms with Crippen LogP contribution in [0.25, 0.3) is 0 Å². The van der Waals surface area contributed by atoms with Crippen molar-refractivity contribution in [2.45, 2.75) is 31.7 Å². The molecule has 5 heteroatoms. The number of ether oxygens (including phenoxy) is 1. The topological polar surface area (TPSA) is 50.4 Å². The maximum Gasteiger partial charge on any atom is 0.238 e. The van der Waals surface area contributed by atoms with Crippen LogP contribution in [0, 0.1) is 0 Å². The molecule has 19 heavy (non-hydrogen) atoms. The number of hydrogen-bond acceptors (Lipinski definition) is 3. The molecule has 2 N–H and O–H groups in total. The van der Waals surface area contributed by atoms with Crippen molar-refractivity contribution in [1.82, 2.24) is 5.32 Å². The molecule has 2 rings (SSSR count). The lowest BCUT2D eigenvalue weighted by molar-refractivity contribution is -0.115. The second kappa shape index (κ2) is 6.91. The predicted octanol–water partition coefficient (Wildman–Crippen LogP) is 2.93. The summed E-state index contributed by atoms with van der Waals surface area (Å²) >= 11 is 3.41. The summed E-state index contributed by atoms with van der Waals surface area (Å²) in [5.74, 6) is 0.697. The van der Waals surface area contributed by atoms with Gasteiger partial charge in [0.1, 0.15) is 5.75 Å². The Kier molecular flexibility index (Phi) is 5.22. The maximum atomic E-state index is 11.9. The highest BCUT2D eigenvalue weighted by atomic mass is 79.9. The zero-order valence-corrected chi connectivity index (χ0v) is 12.6. The first-order valence-electron chi connectivity index (χ1n) is 6.56. The van der Waals surface area contributed by atoms with Gasteiger partial charge in [-0.1, -0.05) is 12.8 Å². The van der Waals surface area contributed by atoms with Gasteiger partial charge in [0.15, 0.2) is 0 Å². The van der Waals surface area contributed by atoms with Crippen LogP contribution in [0.4, 0.5) is 5.69 Å². The number of anilines is 1. The van der Waals surface area contributed by atoms with Gasteiger partial charge in [-0.05, 0) is 40.9 Å². The fraction of sp³-hybridized carbons (Fsp3) is 0.500. The van der Waals surface area contributed by atoms with Gasteiger partial charge in [0.25, 0.3) is 0 Å². The van der Waals surface area contributed by atoms with E-state index in [2.05, 4.69) is 26.6 Å². The van der Waals surface area contributed by atoms with Gasteiger partial charge in [-0.25, -0.2) is 0 Å². The van der Waals surface area contributed by atoms with Crippen LogP contribution < -0.4 is 15.4 Å². The van der Waals surface area contributed by atoms with E-state index >= 15 is 0 Å². The molecule has 4 nitrogen and oxygen atoms in total. The highest BCUT2D eigenvalue weighted by Crippen LogP contribution is 2.27.